The third-order valence-electron chi connectivity index (χ3n) is 3.29. The molecule has 0 aromatic heterocycles. The molecule has 2 atom stereocenters. The van der Waals surface area contributed by atoms with E-state index in [1.807, 2.05) is 0 Å². The molecule has 0 bridgehead atoms. The molecule has 2 rings (SSSR count). The number of esters is 1. The first-order valence-corrected chi connectivity index (χ1v) is 4.94. The average molecular weight is 199 g/mol. The van der Waals surface area contributed by atoms with Gasteiger partial charge < -0.3 is 4.74 Å². The fourth-order valence-corrected chi connectivity index (χ4v) is 2.64. The van der Waals surface area contributed by atoms with Gasteiger partial charge in [0.05, 0.1) is 11.8 Å². The van der Waals surface area contributed by atoms with Crippen molar-refractivity contribution in [3.05, 3.63) is 10.1 Å². The van der Waals surface area contributed by atoms with E-state index in [0.717, 1.165) is 25.7 Å². The maximum absolute atomic E-state index is 11.2. The normalized spacial score (nSPS) is 36.3. The summed E-state index contributed by atoms with van der Waals surface area (Å²) in [6.07, 6.45) is 3.57. The second-order valence-corrected chi connectivity index (χ2v) is 4.25. The van der Waals surface area contributed by atoms with Crippen molar-refractivity contribution in [1.29, 1.82) is 0 Å². The minimum absolute atomic E-state index is 0.122. The van der Waals surface area contributed by atoms with Gasteiger partial charge in [-0.3, -0.25) is 14.9 Å². The molecule has 5 nitrogen and oxygen atoms in total. The van der Waals surface area contributed by atoms with Crippen LogP contribution in [0.4, 0.5) is 0 Å². The summed E-state index contributed by atoms with van der Waals surface area (Å²) in [5.41, 5.74) is -0.487. The van der Waals surface area contributed by atoms with E-state index in [1.54, 1.807) is 0 Å². The maximum atomic E-state index is 11.2. The highest BCUT2D eigenvalue weighted by Crippen LogP contribution is 2.46. The van der Waals surface area contributed by atoms with Crippen LogP contribution in [0.3, 0.4) is 0 Å². The zero-order chi connectivity index (χ0) is 10.2. The van der Waals surface area contributed by atoms with Crippen LogP contribution in [0.5, 0.6) is 0 Å². The molecule has 0 spiro atoms. The smallest absolute Gasteiger partial charge is 0.307 e. The minimum atomic E-state index is -0.487. The van der Waals surface area contributed by atoms with Crippen LogP contribution in [0.1, 0.15) is 32.1 Å². The van der Waals surface area contributed by atoms with E-state index in [2.05, 4.69) is 0 Å². The van der Waals surface area contributed by atoms with Gasteiger partial charge in [-0.1, -0.05) is 6.42 Å². The molecule has 2 aliphatic rings. The highest BCUT2D eigenvalue weighted by molar-refractivity contribution is 5.73. The zero-order valence-corrected chi connectivity index (χ0v) is 7.90. The molecule has 1 heterocycles. The lowest BCUT2D eigenvalue weighted by Crippen LogP contribution is -2.40. The third kappa shape index (κ3) is 1.47. The van der Waals surface area contributed by atoms with Crippen molar-refractivity contribution in [2.45, 2.75) is 38.2 Å². The molecule has 0 aromatic rings. The summed E-state index contributed by atoms with van der Waals surface area (Å²) in [4.78, 5) is 21.4. The molecule has 0 amide bonds. The van der Waals surface area contributed by atoms with Crippen LogP contribution in [0.2, 0.25) is 0 Å². The van der Waals surface area contributed by atoms with Crippen molar-refractivity contribution in [2.24, 2.45) is 5.41 Å². The Morgan fingerprint density at radius 1 is 1.57 bits per heavy atom. The Hall–Kier alpha value is -1.13. The summed E-state index contributed by atoms with van der Waals surface area (Å²) in [6.45, 7) is -0.122. The predicted octanol–water partition coefficient (Wildman–Crippen LogP) is 1.14. The number of hydrogen-bond donors (Lipinski definition) is 0. The summed E-state index contributed by atoms with van der Waals surface area (Å²) in [5.74, 6) is -0.265. The first-order chi connectivity index (χ1) is 6.62. The third-order valence-corrected chi connectivity index (χ3v) is 3.29. The van der Waals surface area contributed by atoms with Crippen molar-refractivity contribution in [2.75, 3.05) is 6.54 Å². The standard InChI is InChI=1S/C9H13NO4/c11-8-5-9(6-10(12)13)4-2-1-3-7(9)14-8/h7H,1-6H2. The second-order valence-electron chi connectivity index (χ2n) is 4.25. The van der Waals surface area contributed by atoms with Crippen LogP contribution in [-0.2, 0) is 9.53 Å². The topological polar surface area (TPSA) is 69.4 Å². The Morgan fingerprint density at radius 2 is 2.36 bits per heavy atom. The van der Waals surface area contributed by atoms with Gasteiger partial charge in [0.2, 0.25) is 6.54 Å². The van der Waals surface area contributed by atoms with Crippen LogP contribution in [0.25, 0.3) is 0 Å². The van der Waals surface area contributed by atoms with Gasteiger partial charge in [0.25, 0.3) is 0 Å². The fraction of sp³-hybridized carbons (Fsp3) is 0.889. The quantitative estimate of drug-likeness (QED) is 0.380. The van der Waals surface area contributed by atoms with Gasteiger partial charge in [-0.05, 0) is 19.3 Å². The monoisotopic (exact) mass is 199 g/mol. The van der Waals surface area contributed by atoms with E-state index < -0.39 is 5.41 Å². The van der Waals surface area contributed by atoms with Crippen LogP contribution in [0, 0.1) is 15.5 Å². The SMILES string of the molecule is O=C1CC2(C[N+](=O)[O-])CCCCC2O1. The Labute approximate surface area is 81.6 Å². The zero-order valence-electron chi connectivity index (χ0n) is 7.90. The first kappa shape index (κ1) is 9.43. The molecule has 0 aromatic carbocycles. The maximum Gasteiger partial charge on any atom is 0.307 e. The van der Waals surface area contributed by atoms with E-state index in [1.165, 1.54) is 0 Å². The van der Waals surface area contributed by atoms with Crippen LogP contribution in [0.15, 0.2) is 0 Å². The molecule has 78 valence electrons. The van der Waals surface area contributed by atoms with Crippen molar-refractivity contribution in [3.63, 3.8) is 0 Å². The van der Waals surface area contributed by atoms with Crippen LogP contribution >= 0.6 is 0 Å². The van der Waals surface area contributed by atoms with E-state index in [-0.39, 0.29) is 30.0 Å². The van der Waals surface area contributed by atoms with Crippen molar-refractivity contribution in [3.8, 4) is 0 Å². The second kappa shape index (κ2) is 3.22. The lowest BCUT2D eigenvalue weighted by Gasteiger charge is -2.32. The summed E-state index contributed by atoms with van der Waals surface area (Å²) < 4.78 is 5.13. The highest BCUT2D eigenvalue weighted by atomic mass is 16.6. The van der Waals surface area contributed by atoms with Crippen molar-refractivity contribution >= 4 is 5.97 Å². The number of ether oxygens (including phenoxy) is 1. The average Bonchev–Trinajstić information content (AvgIpc) is 2.38. The lowest BCUT2D eigenvalue weighted by atomic mass is 9.71. The van der Waals surface area contributed by atoms with Gasteiger partial charge in [-0.15, -0.1) is 0 Å². The van der Waals surface area contributed by atoms with Crippen LogP contribution in [-0.4, -0.2) is 23.5 Å². The molecule has 1 saturated carbocycles. The Kier molecular flexibility index (Phi) is 2.17. The van der Waals surface area contributed by atoms with E-state index in [0.29, 0.717) is 0 Å². The molecule has 0 radical (unpaired) electrons. The number of rotatable bonds is 2. The molecule has 2 unspecified atom stereocenters. The minimum Gasteiger partial charge on any atom is -0.461 e. The number of carbonyl (C=O) groups excluding carboxylic acids is 1. The molecular formula is C9H13NO4. The van der Waals surface area contributed by atoms with Crippen LogP contribution < -0.4 is 0 Å². The highest BCUT2D eigenvalue weighted by Gasteiger charge is 2.53. The molecule has 1 aliphatic carbocycles. The molecule has 0 N–H and O–H groups in total. The predicted molar refractivity (Wildman–Crippen MR) is 47.3 cm³/mol. The Balaban J connectivity index is 2.18. The summed E-state index contributed by atoms with van der Waals surface area (Å²) in [6, 6.07) is 0. The molecule has 5 heteroatoms. The van der Waals surface area contributed by atoms with E-state index in [9.17, 15) is 14.9 Å². The van der Waals surface area contributed by atoms with Gasteiger partial charge in [-0.25, -0.2) is 0 Å². The van der Waals surface area contributed by atoms with Gasteiger partial charge in [-0.2, -0.15) is 0 Å². The van der Waals surface area contributed by atoms with Gasteiger partial charge in [0, 0.05) is 4.92 Å². The molecule has 2 fully saturated rings. The molecule has 1 saturated heterocycles. The number of hydrogen-bond acceptors (Lipinski definition) is 4. The summed E-state index contributed by atoms with van der Waals surface area (Å²) >= 11 is 0. The van der Waals surface area contributed by atoms with E-state index in [4.69, 9.17) is 4.74 Å². The number of carbonyl (C=O) groups is 1. The van der Waals surface area contributed by atoms with Crippen molar-refractivity contribution < 1.29 is 14.5 Å². The number of nitrogens with zero attached hydrogens (tertiary/aromatic N) is 1. The van der Waals surface area contributed by atoms with Crippen molar-refractivity contribution in [1.82, 2.24) is 0 Å². The Morgan fingerprint density at radius 3 is 3.07 bits per heavy atom. The fourth-order valence-electron chi connectivity index (χ4n) is 2.64. The van der Waals surface area contributed by atoms with Gasteiger partial charge in [0.1, 0.15) is 6.10 Å². The summed E-state index contributed by atoms with van der Waals surface area (Å²) in [5, 5.41) is 10.6. The molecular weight excluding hydrogens is 186 g/mol. The molecule has 1 aliphatic heterocycles. The number of fused-ring (bicyclic) bond motifs is 1. The van der Waals surface area contributed by atoms with Gasteiger partial charge >= 0.3 is 5.97 Å². The van der Waals surface area contributed by atoms with Gasteiger partial charge in [0.15, 0.2) is 0 Å². The molecule has 14 heavy (non-hydrogen) atoms. The number of nitro groups is 1. The van der Waals surface area contributed by atoms with E-state index >= 15 is 0 Å². The Bertz CT molecular complexity index is 278. The largest absolute Gasteiger partial charge is 0.461 e. The summed E-state index contributed by atoms with van der Waals surface area (Å²) in [7, 11) is 0. The first-order valence-electron chi connectivity index (χ1n) is 4.94. The lowest BCUT2D eigenvalue weighted by molar-refractivity contribution is -0.500.